The Labute approximate surface area is 169 Å². The van der Waals surface area contributed by atoms with Crippen molar-refractivity contribution in [2.45, 2.75) is 19.9 Å². The summed E-state index contributed by atoms with van der Waals surface area (Å²) < 4.78 is 1.35. The van der Waals surface area contributed by atoms with Gasteiger partial charge < -0.3 is 10.6 Å². The van der Waals surface area contributed by atoms with Crippen LogP contribution in [0.15, 0.2) is 40.1 Å². The number of aryl methyl sites for hydroxylation is 1. The lowest BCUT2D eigenvalue weighted by molar-refractivity contribution is 0.0961. The number of hydrogen-bond donors (Lipinski definition) is 3. The van der Waals surface area contributed by atoms with Gasteiger partial charge in [-0.25, -0.2) is 9.78 Å². The standard InChI is InChI=1S/C19H18ClN5O4/c1-3-6-25-15-13(18(28)24-19(25)29)7-10(9-22-15)16(26)23-11-4-5-14(20)12(8-11)17(27)21-2/h4-5,7-9H,3,6H2,1-2H3,(H,21,27)(H,23,26)(H,24,28,29). The second-order valence-corrected chi connectivity index (χ2v) is 6.64. The van der Waals surface area contributed by atoms with Gasteiger partial charge in [0.05, 0.1) is 21.5 Å². The van der Waals surface area contributed by atoms with E-state index in [9.17, 15) is 19.2 Å². The highest BCUT2D eigenvalue weighted by atomic mass is 35.5. The molecule has 0 aliphatic rings. The highest BCUT2D eigenvalue weighted by Crippen LogP contribution is 2.21. The lowest BCUT2D eigenvalue weighted by atomic mass is 10.1. The van der Waals surface area contributed by atoms with E-state index in [4.69, 9.17) is 11.6 Å². The molecular formula is C19H18ClN5O4. The van der Waals surface area contributed by atoms with E-state index in [1.54, 1.807) is 6.07 Å². The number of carbonyl (C=O) groups excluding carboxylic acids is 2. The van der Waals surface area contributed by atoms with E-state index in [1.807, 2.05) is 6.92 Å². The third-order valence-electron chi connectivity index (χ3n) is 4.24. The van der Waals surface area contributed by atoms with E-state index in [2.05, 4.69) is 20.6 Å². The fourth-order valence-electron chi connectivity index (χ4n) is 2.84. The maximum atomic E-state index is 12.6. The second-order valence-electron chi connectivity index (χ2n) is 6.23. The first kappa shape index (κ1) is 20.3. The molecule has 3 N–H and O–H groups in total. The number of rotatable bonds is 5. The molecule has 2 heterocycles. The number of nitrogens with zero attached hydrogens (tertiary/aromatic N) is 2. The Morgan fingerprint density at radius 1 is 1.21 bits per heavy atom. The van der Waals surface area contributed by atoms with Crippen LogP contribution in [0.2, 0.25) is 5.02 Å². The van der Waals surface area contributed by atoms with E-state index >= 15 is 0 Å². The van der Waals surface area contributed by atoms with Crippen LogP contribution < -0.4 is 21.9 Å². The van der Waals surface area contributed by atoms with Gasteiger partial charge in [-0.05, 0) is 30.7 Å². The zero-order chi connectivity index (χ0) is 21.1. The quantitative estimate of drug-likeness (QED) is 0.585. The number of halogens is 1. The number of aromatic nitrogens is 3. The van der Waals surface area contributed by atoms with Crippen molar-refractivity contribution in [2.24, 2.45) is 0 Å². The van der Waals surface area contributed by atoms with Crippen molar-refractivity contribution in [3.63, 3.8) is 0 Å². The normalized spacial score (nSPS) is 10.7. The molecule has 0 saturated heterocycles. The van der Waals surface area contributed by atoms with Crippen molar-refractivity contribution in [1.29, 1.82) is 0 Å². The van der Waals surface area contributed by atoms with Crippen LogP contribution in [0.1, 0.15) is 34.1 Å². The van der Waals surface area contributed by atoms with Crippen molar-refractivity contribution < 1.29 is 9.59 Å². The number of hydrogen-bond acceptors (Lipinski definition) is 5. The van der Waals surface area contributed by atoms with Crippen LogP contribution in [-0.4, -0.2) is 33.4 Å². The van der Waals surface area contributed by atoms with E-state index < -0.39 is 17.2 Å². The summed E-state index contributed by atoms with van der Waals surface area (Å²) in [4.78, 5) is 55.0. The number of nitrogens with one attached hydrogen (secondary N) is 3. The molecule has 0 spiro atoms. The van der Waals surface area contributed by atoms with Crippen molar-refractivity contribution in [3.8, 4) is 0 Å². The third kappa shape index (κ3) is 4.04. The second kappa shape index (κ2) is 8.27. The molecular weight excluding hydrogens is 398 g/mol. The summed E-state index contributed by atoms with van der Waals surface area (Å²) in [6, 6.07) is 5.86. The molecule has 9 nitrogen and oxygen atoms in total. The van der Waals surface area contributed by atoms with Gasteiger partial charge in [0, 0.05) is 25.5 Å². The predicted octanol–water partition coefficient (Wildman–Crippen LogP) is 1.76. The Kier molecular flexibility index (Phi) is 5.79. The maximum absolute atomic E-state index is 12.6. The Morgan fingerprint density at radius 3 is 2.66 bits per heavy atom. The molecule has 29 heavy (non-hydrogen) atoms. The molecule has 0 radical (unpaired) electrons. The summed E-state index contributed by atoms with van der Waals surface area (Å²) in [7, 11) is 1.47. The van der Waals surface area contributed by atoms with Gasteiger partial charge in [-0.3, -0.25) is 23.9 Å². The van der Waals surface area contributed by atoms with Crippen molar-refractivity contribution in [3.05, 3.63) is 67.4 Å². The minimum Gasteiger partial charge on any atom is -0.355 e. The van der Waals surface area contributed by atoms with Crippen molar-refractivity contribution >= 4 is 40.1 Å². The molecule has 150 valence electrons. The topological polar surface area (TPSA) is 126 Å². The Morgan fingerprint density at radius 2 is 1.97 bits per heavy atom. The number of H-pyrrole nitrogens is 1. The zero-order valence-electron chi connectivity index (χ0n) is 15.7. The number of fused-ring (bicyclic) bond motifs is 1. The summed E-state index contributed by atoms with van der Waals surface area (Å²) in [6.45, 7) is 2.28. The summed E-state index contributed by atoms with van der Waals surface area (Å²) in [5.74, 6) is -0.920. The molecule has 0 saturated carbocycles. The Balaban J connectivity index is 1.97. The largest absolute Gasteiger partial charge is 0.355 e. The van der Waals surface area contributed by atoms with Crippen LogP contribution in [-0.2, 0) is 6.54 Å². The van der Waals surface area contributed by atoms with Crippen LogP contribution in [0.3, 0.4) is 0 Å². The molecule has 3 rings (SSSR count). The minimum absolute atomic E-state index is 0.126. The van der Waals surface area contributed by atoms with Crippen LogP contribution >= 0.6 is 11.6 Å². The molecule has 0 atom stereocenters. The van der Waals surface area contributed by atoms with Gasteiger partial charge in [-0.2, -0.15) is 0 Å². The maximum Gasteiger partial charge on any atom is 0.329 e. The molecule has 3 aromatic rings. The minimum atomic E-state index is -0.618. The summed E-state index contributed by atoms with van der Waals surface area (Å²) in [5.41, 5.74) is -0.261. The van der Waals surface area contributed by atoms with Gasteiger partial charge in [0.2, 0.25) is 0 Å². The zero-order valence-corrected chi connectivity index (χ0v) is 16.5. The number of benzene rings is 1. The summed E-state index contributed by atoms with van der Waals surface area (Å²) in [6.07, 6.45) is 1.97. The number of carbonyl (C=O) groups is 2. The van der Waals surface area contributed by atoms with Crippen molar-refractivity contribution in [2.75, 3.05) is 12.4 Å². The molecule has 2 aromatic heterocycles. The number of anilines is 1. The van der Waals surface area contributed by atoms with Gasteiger partial charge in [0.1, 0.15) is 5.65 Å². The monoisotopic (exact) mass is 415 g/mol. The molecule has 0 fully saturated rings. The highest BCUT2D eigenvalue weighted by molar-refractivity contribution is 6.34. The van der Waals surface area contributed by atoms with Crippen LogP contribution in [0.25, 0.3) is 11.0 Å². The summed E-state index contributed by atoms with van der Waals surface area (Å²) >= 11 is 6.01. The van der Waals surface area contributed by atoms with Crippen molar-refractivity contribution in [1.82, 2.24) is 19.9 Å². The third-order valence-corrected chi connectivity index (χ3v) is 4.57. The average Bonchev–Trinajstić information content (AvgIpc) is 2.71. The number of pyridine rings is 1. The lowest BCUT2D eigenvalue weighted by Gasteiger charge is -2.10. The fraction of sp³-hybridized carbons (Fsp3) is 0.211. The Hall–Kier alpha value is -3.46. The first-order valence-corrected chi connectivity index (χ1v) is 9.19. The molecule has 0 bridgehead atoms. The van der Waals surface area contributed by atoms with Crippen LogP contribution in [0.5, 0.6) is 0 Å². The Bertz CT molecular complexity index is 1230. The van der Waals surface area contributed by atoms with Crippen LogP contribution in [0.4, 0.5) is 5.69 Å². The highest BCUT2D eigenvalue weighted by Gasteiger charge is 2.15. The fourth-order valence-corrected chi connectivity index (χ4v) is 3.04. The van der Waals surface area contributed by atoms with Gasteiger partial charge in [-0.1, -0.05) is 18.5 Å². The summed E-state index contributed by atoms with van der Waals surface area (Å²) in [5, 5.41) is 5.49. The van der Waals surface area contributed by atoms with E-state index in [0.717, 1.165) is 0 Å². The smallest absolute Gasteiger partial charge is 0.329 e. The molecule has 2 amide bonds. The first-order valence-electron chi connectivity index (χ1n) is 8.81. The first-order chi connectivity index (χ1) is 13.8. The van der Waals surface area contributed by atoms with E-state index in [0.29, 0.717) is 18.7 Å². The predicted molar refractivity (Wildman–Crippen MR) is 110 cm³/mol. The number of aromatic amines is 1. The van der Waals surface area contributed by atoms with Gasteiger partial charge in [-0.15, -0.1) is 0 Å². The van der Waals surface area contributed by atoms with E-state index in [1.165, 1.54) is 36.0 Å². The molecule has 0 aliphatic carbocycles. The van der Waals surface area contributed by atoms with Gasteiger partial charge in [0.25, 0.3) is 17.4 Å². The molecule has 0 unspecified atom stereocenters. The lowest BCUT2D eigenvalue weighted by Crippen LogP contribution is -2.31. The molecule has 1 aromatic carbocycles. The van der Waals surface area contributed by atoms with Gasteiger partial charge in [0.15, 0.2) is 0 Å². The average molecular weight is 416 g/mol. The number of amides is 2. The van der Waals surface area contributed by atoms with E-state index in [-0.39, 0.29) is 33.1 Å². The van der Waals surface area contributed by atoms with Crippen LogP contribution in [0, 0.1) is 0 Å². The van der Waals surface area contributed by atoms with Gasteiger partial charge >= 0.3 is 5.69 Å². The molecule has 0 aliphatic heterocycles. The SMILES string of the molecule is CCCn1c(=O)[nH]c(=O)c2cc(C(=O)Nc3ccc(Cl)c(C(=O)NC)c3)cnc21. The molecule has 10 heteroatoms.